The van der Waals surface area contributed by atoms with Gasteiger partial charge >= 0.3 is 0 Å². The second kappa shape index (κ2) is 8.47. The quantitative estimate of drug-likeness (QED) is 0.366. The standard InChI is InChI=1S/C24H26F3N5O3/c1-12-7-16-18(20(33)22(35)31-23(17(29)8-28)10-24(26,27)11-23)13(2)19(32(16)9-12)21(34)30-15-5-3-14(25)4-6-15/h3-6,8,12H,7,9-11,28-29H2,1-2H3,(H,30,34)(H,31,35)/b17-8-. The van der Waals surface area contributed by atoms with Crippen LogP contribution in [0.4, 0.5) is 18.9 Å². The van der Waals surface area contributed by atoms with Crippen LogP contribution in [0.1, 0.15) is 51.9 Å². The molecule has 4 rings (SSSR count). The van der Waals surface area contributed by atoms with Gasteiger partial charge in [-0.25, -0.2) is 13.2 Å². The number of alkyl halides is 2. The molecular formula is C24H26F3N5O3. The highest BCUT2D eigenvalue weighted by Gasteiger charge is 2.59. The highest BCUT2D eigenvalue weighted by atomic mass is 19.3. The van der Waals surface area contributed by atoms with Gasteiger partial charge in [0.1, 0.15) is 11.5 Å². The SMILES string of the molecule is Cc1c(C(=O)C(=O)NC2(/C(N)=C/N)CC(F)(F)C2)c2n(c1C(=O)Nc1ccc(F)cc1)CC(C)C2. The lowest BCUT2D eigenvalue weighted by Gasteiger charge is -2.47. The Hall–Kier alpha value is -3.76. The predicted octanol–water partition coefficient (Wildman–Crippen LogP) is 2.61. The number of rotatable bonds is 6. The number of halogens is 3. The minimum absolute atomic E-state index is 0.0626. The minimum Gasteiger partial charge on any atom is -0.403 e. The highest BCUT2D eigenvalue weighted by Crippen LogP contribution is 2.48. The van der Waals surface area contributed by atoms with Crippen molar-refractivity contribution in [3.8, 4) is 0 Å². The van der Waals surface area contributed by atoms with Crippen LogP contribution in [0.3, 0.4) is 0 Å². The minimum atomic E-state index is -3.04. The van der Waals surface area contributed by atoms with Crippen LogP contribution in [-0.2, 0) is 17.8 Å². The van der Waals surface area contributed by atoms with Crippen LogP contribution in [0.15, 0.2) is 36.2 Å². The normalized spacial score (nSPS) is 20.0. The molecule has 0 saturated heterocycles. The average Bonchev–Trinajstić information content (AvgIpc) is 3.25. The molecule has 1 unspecified atom stereocenters. The Morgan fingerprint density at radius 1 is 1.17 bits per heavy atom. The van der Waals surface area contributed by atoms with E-state index in [9.17, 15) is 27.6 Å². The number of ketones is 1. The molecule has 1 aliphatic heterocycles. The van der Waals surface area contributed by atoms with Crippen molar-refractivity contribution in [2.45, 2.75) is 51.1 Å². The number of hydrogen-bond donors (Lipinski definition) is 4. The third kappa shape index (κ3) is 4.26. The van der Waals surface area contributed by atoms with Crippen LogP contribution in [0, 0.1) is 18.7 Å². The second-order valence-corrected chi connectivity index (χ2v) is 9.37. The zero-order valence-electron chi connectivity index (χ0n) is 19.3. The fourth-order valence-electron chi connectivity index (χ4n) is 4.99. The summed E-state index contributed by atoms with van der Waals surface area (Å²) in [6, 6.07) is 5.21. The summed E-state index contributed by atoms with van der Waals surface area (Å²) >= 11 is 0. The summed E-state index contributed by atoms with van der Waals surface area (Å²) in [6.45, 7) is 3.95. The van der Waals surface area contributed by atoms with Crippen molar-refractivity contribution < 1.29 is 27.6 Å². The van der Waals surface area contributed by atoms with Crippen LogP contribution >= 0.6 is 0 Å². The summed E-state index contributed by atoms with van der Waals surface area (Å²) in [5.74, 6) is -5.97. The topological polar surface area (TPSA) is 132 Å². The first-order chi connectivity index (χ1) is 16.4. The number of carbonyl (C=O) groups excluding carboxylic acids is 3. The van der Waals surface area contributed by atoms with E-state index >= 15 is 0 Å². The molecule has 0 bridgehead atoms. The zero-order valence-corrected chi connectivity index (χ0v) is 19.3. The highest BCUT2D eigenvalue weighted by molar-refractivity contribution is 6.44. The summed E-state index contributed by atoms with van der Waals surface area (Å²) in [6.07, 6.45) is -0.157. The Balaban J connectivity index is 1.65. The van der Waals surface area contributed by atoms with Gasteiger partial charge in [-0.15, -0.1) is 0 Å². The van der Waals surface area contributed by atoms with Gasteiger partial charge < -0.3 is 26.7 Å². The molecule has 1 aromatic carbocycles. The summed E-state index contributed by atoms with van der Waals surface area (Å²) in [5, 5.41) is 5.04. The van der Waals surface area contributed by atoms with Crippen molar-refractivity contribution in [2.24, 2.45) is 17.4 Å². The Labute approximate surface area is 199 Å². The van der Waals surface area contributed by atoms with Gasteiger partial charge in [0.2, 0.25) is 0 Å². The number of hydrogen-bond acceptors (Lipinski definition) is 5. The van der Waals surface area contributed by atoms with Gasteiger partial charge in [-0.1, -0.05) is 6.92 Å². The van der Waals surface area contributed by atoms with Gasteiger partial charge in [0.15, 0.2) is 0 Å². The van der Waals surface area contributed by atoms with Crippen molar-refractivity contribution in [3.63, 3.8) is 0 Å². The Bertz CT molecular complexity index is 1240. The number of Topliss-reactive ketones (excluding diaryl/α,β-unsaturated/α-hetero) is 1. The fourth-order valence-corrected chi connectivity index (χ4v) is 4.99. The van der Waals surface area contributed by atoms with Gasteiger partial charge in [0.25, 0.3) is 23.5 Å². The van der Waals surface area contributed by atoms with Gasteiger partial charge in [0, 0.05) is 37.0 Å². The number of aromatic nitrogens is 1. The van der Waals surface area contributed by atoms with Crippen molar-refractivity contribution in [3.05, 3.63) is 64.5 Å². The summed E-state index contributed by atoms with van der Waals surface area (Å²) in [4.78, 5) is 39.3. The molecular weight excluding hydrogens is 463 g/mol. The first-order valence-corrected chi connectivity index (χ1v) is 11.1. The lowest BCUT2D eigenvalue weighted by Crippen LogP contribution is -2.65. The molecule has 1 aromatic heterocycles. The molecule has 11 heteroatoms. The largest absolute Gasteiger partial charge is 0.403 e. The van der Waals surface area contributed by atoms with E-state index in [0.717, 1.165) is 6.20 Å². The fraction of sp³-hybridized carbons (Fsp3) is 0.375. The smallest absolute Gasteiger partial charge is 0.293 e. The number of carbonyl (C=O) groups is 3. The maximum absolute atomic E-state index is 13.7. The second-order valence-electron chi connectivity index (χ2n) is 9.37. The summed E-state index contributed by atoms with van der Waals surface area (Å²) in [5.41, 5.74) is 10.9. The van der Waals surface area contributed by atoms with Crippen molar-refractivity contribution in [1.82, 2.24) is 9.88 Å². The van der Waals surface area contributed by atoms with E-state index in [2.05, 4.69) is 10.6 Å². The van der Waals surface area contributed by atoms with E-state index in [0.29, 0.717) is 29.9 Å². The van der Waals surface area contributed by atoms with E-state index < -0.39 is 47.7 Å². The molecule has 2 heterocycles. The van der Waals surface area contributed by atoms with E-state index in [1.807, 2.05) is 6.92 Å². The molecule has 0 radical (unpaired) electrons. The van der Waals surface area contributed by atoms with E-state index in [4.69, 9.17) is 11.5 Å². The summed E-state index contributed by atoms with van der Waals surface area (Å²) in [7, 11) is 0. The molecule has 35 heavy (non-hydrogen) atoms. The number of nitrogens with zero attached hydrogens (tertiary/aromatic N) is 1. The molecule has 8 nitrogen and oxygen atoms in total. The van der Waals surface area contributed by atoms with Crippen molar-refractivity contribution in [1.29, 1.82) is 0 Å². The van der Waals surface area contributed by atoms with Crippen LogP contribution < -0.4 is 22.1 Å². The molecule has 6 N–H and O–H groups in total. The molecule has 186 valence electrons. The third-order valence-corrected chi connectivity index (χ3v) is 6.61. The molecule has 2 amide bonds. The lowest BCUT2D eigenvalue weighted by molar-refractivity contribution is -0.137. The predicted molar refractivity (Wildman–Crippen MR) is 122 cm³/mol. The molecule has 1 atom stereocenters. The number of anilines is 1. The number of fused-ring (bicyclic) bond motifs is 1. The monoisotopic (exact) mass is 489 g/mol. The van der Waals surface area contributed by atoms with Gasteiger partial charge in [-0.05, 0) is 49.1 Å². The van der Waals surface area contributed by atoms with E-state index in [1.165, 1.54) is 24.3 Å². The van der Waals surface area contributed by atoms with Crippen LogP contribution in [-0.4, -0.2) is 33.6 Å². The maximum atomic E-state index is 13.7. The lowest BCUT2D eigenvalue weighted by atomic mass is 9.71. The number of nitrogens with one attached hydrogen (secondary N) is 2. The van der Waals surface area contributed by atoms with Crippen LogP contribution in [0.25, 0.3) is 0 Å². The Morgan fingerprint density at radius 3 is 2.37 bits per heavy atom. The number of nitrogens with two attached hydrogens (primary N) is 2. The number of amides is 2. The molecule has 1 fully saturated rings. The third-order valence-electron chi connectivity index (χ3n) is 6.61. The first-order valence-electron chi connectivity index (χ1n) is 11.1. The van der Waals surface area contributed by atoms with Crippen molar-refractivity contribution in [2.75, 3.05) is 5.32 Å². The average molecular weight is 489 g/mol. The van der Waals surface area contributed by atoms with Crippen molar-refractivity contribution >= 4 is 23.3 Å². The zero-order chi connectivity index (χ0) is 25.7. The van der Waals surface area contributed by atoms with Gasteiger partial charge in [-0.2, -0.15) is 0 Å². The molecule has 2 aromatic rings. The molecule has 2 aliphatic rings. The molecule has 1 saturated carbocycles. The van der Waals surface area contributed by atoms with Gasteiger partial charge in [0.05, 0.1) is 16.8 Å². The van der Waals surface area contributed by atoms with Gasteiger partial charge in [-0.3, -0.25) is 14.4 Å². The first kappa shape index (κ1) is 24.4. The molecule has 1 aliphatic carbocycles. The number of benzene rings is 1. The van der Waals surface area contributed by atoms with E-state index in [1.54, 1.807) is 11.5 Å². The van der Waals surface area contributed by atoms with Crippen LogP contribution in [0.2, 0.25) is 0 Å². The van der Waals surface area contributed by atoms with Crippen LogP contribution in [0.5, 0.6) is 0 Å². The van der Waals surface area contributed by atoms with E-state index in [-0.39, 0.29) is 22.9 Å². The molecule has 0 spiro atoms. The Kier molecular flexibility index (Phi) is 5.90. The summed E-state index contributed by atoms with van der Waals surface area (Å²) < 4.78 is 42.2. The maximum Gasteiger partial charge on any atom is 0.293 e. The Morgan fingerprint density at radius 2 is 1.80 bits per heavy atom.